The van der Waals surface area contributed by atoms with Crippen LogP contribution in [0.5, 0.6) is 11.5 Å². The van der Waals surface area contributed by atoms with Crippen LogP contribution in [0.15, 0.2) is 23.3 Å². The zero-order valence-corrected chi connectivity index (χ0v) is 26.4. The van der Waals surface area contributed by atoms with E-state index in [0.717, 1.165) is 25.7 Å². The number of unbranched alkanes of at least 4 members (excludes halogenated alkanes) is 18. The van der Waals surface area contributed by atoms with Crippen molar-refractivity contribution in [1.29, 1.82) is 0 Å². The van der Waals surface area contributed by atoms with Gasteiger partial charge in [-0.2, -0.15) is 0 Å². The number of esters is 1. The Morgan fingerprint density at radius 1 is 0.610 bits per heavy atom. The summed E-state index contributed by atoms with van der Waals surface area (Å²) in [6.07, 6.45) is 26.1. The molecule has 0 unspecified atom stereocenters. The molecule has 0 aliphatic carbocycles. The number of benzene rings is 1. The second kappa shape index (κ2) is 27.8. The van der Waals surface area contributed by atoms with Crippen molar-refractivity contribution < 1.29 is 19.0 Å². The van der Waals surface area contributed by atoms with Gasteiger partial charge in [-0.05, 0) is 36.9 Å². The lowest BCUT2D eigenvalue weighted by atomic mass is 10.1. The molecule has 0 aliphatic rings. The molecule has 1 rings (SSSR count). The zero-order chi connectivity index (χ0) is 29.6. The van der Waals surface area contributed by atoms with Crippen LogP contribution >= 0.6 is 0 Å². The van der Waals surface area contributed by atoms with E-state index in [-0.39, 0.29) is 6.61 Å². The van der Waals surface area contributed by atoms with Crippen LogP contribution < -0.4 is 9.47 Å². The number of azide groups is 1. The number of carbonyl (C=O) groups is 1. The summed E-state index contributed by atoms with van der Waals surface area (Å²) in [7, 11) is 0. The molecule has 7 nitrogen and oxygen atoms in total. The van der Waals surface area contributed by atoms with Gasteiger partial charge in [-0.15, -0.1) is 0 Å². The molecule has 0 aromatic heterocycles. The van der Waals surface area contributed by atoms with Crippen molar-refractivity contribution >= 4 is 5.97 Å². The van der Waals surface area contributed by atoms with Crippen LogP contribution in [-0.2, 0) is 4.74 Å². The molecule has 0 heterocycles. The van der Waals surface area contributed by atoms with E-state index in [0.29, 0.717) is 43.2 Å². The summed E-state index contributed by atoms with van der Waals surface area (Å²) in [6.45, 7) is 6.27. The lowest BCUT2D eigenvalue weighted by Crippen LogP contribution is -2.09. The summed E-state index contributed by atoms with van der Waals surface area (Å²) in [5.41, 5.74) is 8.82. The van der Waals surface area contributed by atoms with Crippen molar-refractivity contribution in [3.8, 4) is 11.5 Å². The van der Waals surface area contributed by atoms with Crippen LogP contribution in [-0.4, -0.2) is 32.3 Å². The van der Waals surface area contributed by atoms with E-state index >= 15 is 0 Å². The Kier molecular flexibility index (Phi) is 24.8. The molecule has 0 fully saturated rings. The predicted octanol–water partition coefficient (Wildman–Crippen LogP) is 11.1. The minimum Gasteiger partial charge on any atom is -0.493 e. The van der Waals surface area contributed by atoms with Gasteiger partial charge in [-0.1, -0.05) is 135 Å². The van der Waals surface area contributed by atoms with E-state index in [1.807, 2.05) is 6.07 Å². The number of carbonyl (C=O) groups excluding carboxylic acids is 1. The Bertz CT molecular complexity index is 767. The SMILES string of the molecule is CCCCCCCCCCCCOc1cc(OCCCCCCCCCCCC)cc(C(=O)OCCCN=[N+]=[N-])c1. The number of hydrogen-bond acceptors (Lipinski definition) is 5. The molecule has 1 aromatic carbocycles. The summed E-state index contributed by atoms with van der Waals surface area (Å²) < 4.78 is 17.4. The highest BCUT2D eigenvalue weighted by Gasteiger charge is 2.12. The third-order valence-electron chi connectivity index (χ3n) is 7.35. The third kappa shape index (κ3) is 21.9. The van der Waals surface area contributed by atoms with Crippen molar-refractivity contribution in [2.24, 2.45) is 5.11 Å². The van der Waals surface area contributed by atoms with Gasteiger partial charge in [-0.25, -0.2) is 4.79 Å². The van der Waals surface area contributed by atoms with E-state index in [4.69, 9.17) is 19.7 Å². The maximum atomic E-state index is 12.7. The minimum atomic E-state index is -0.417. The van der Waals surface area contributed by atoms with E-state index in [9.17, 15) is 4.79 Å². The van der Waals surface area contributed by atoms with Gasteiger partial charge >= 0.3 is 5.97 Å². The van der Waals surface area contributed by atoms with Crippen LogP contribution in [0.25, 0.3) is 10.4 Å². The van der Waals surface area contributed by atoms with Crippen molar-refractivity contribution in [2.45, 2.75) is 149 Å². The summed E-state index contributed by atoms with van der Waals surface area (Å²) in [4.78, 5) is 15.4. The largest absolute Gasteiger partial charge is 0.493 e. The fourth-order valence-electron chi connectivity index (χ4n) is 4.84. The first kappa shape index (κ1) is 36.6. The van der Waals surface area contributed by atoms with Crippen molar-refractivity contribution in [3.05, 3.63) is 34.2 Å². The van der Waals surface area contributed by atoms with E-state index in [1.54, 1.807) is 12.1 Å². The average Bonchev–Trinajstić information content (AvgIpc) is 2.98. The average molecular weight is 574 g/mol. The van der Waals surface area contributed by atoms with Gasteiger partial charge < -0.3 is 14.2 Å². The number of nitrogens with zero attached hydrogens (tertiary/aromatic N) is 3. The van der Waals surface area contributed by atoms with E-state index in [2.05, 4.69) is 23.9 Å². The molecule has 0 bridgehead atoms. The first-order valence-electron chi connectivity index (χ1n) is 16.8. The molecule has 0 atom stereocenters. The first-order valence-corrected chi connectivity index (χ1v) is 16.8. The van der Waals surface area contributed by atoms with Gasteiger partial charge in [0.1, 0.15) is 11.5 Å². The second-order valence-corrected chi connectivity index (χ2v) is 11.2. The smallest absolute Gasteiger partial charge is 0.338 e. The standard InChI is InChI=1S/C34H59N3O4/c1-3-5-7-9-11-13-15-17-19-21-25-39-32-28-31(34(38)41-27-23-24-36-37-35)29-33(30-32)40-26-22-20-18-16-14-12-10-8-6-4-2/h28-30H,3-27H2,1-2H3. The van der Waals surface area contributed by atoms with E-state index < -0.39 is 5.97 Å². The van der Waals surface area contributed by atoms with Gasteiger partial charge in [0.05, 0.1) is 25.4 Å². The monoisotopic (exact) mass is 573 g/mol. The van der Waals surface area contributed by atoms with Gasteiger partial charge in [0.15, 0.2) is 0 Å². The molecule has 0 N–H and O–H groups in total. The third-order valence-corrected chi connectivity index (χ3v) is 7.35. The summed E-state index contributed by atoms with van der Waals surface area (Å²) in [5, 5.41) is 3.48. The Hall–Kier alpha value is -2.40. The van der Waals surface area contributed by atoms with Crippen LogP contribution in [0.1, 0.15) is 159 Å². The van der Waals surface area contributed by atoms with Gasteiger partial charge in [0.2, 0.25) is 0 Å². The molecule has 0 spiro atoms. The molecule has 234 valence electrons. The molecule has 0 radical (unpaired) electrons. The molecule has 41 heavy (non-hydrogen) atoms. The fourth-order valence-corrected chi connectivity index (χ4v) is 4.84. The van der Waals surface area contributed by atoms with Gasteiger partial charge in [0, 0.05) is 17.5 Å². The molecule has 0 amide bonds. The first-order chi connectivity index (χ1) is 20.2. The van der Waals surface area contributed by atoms with Gasteiger partial charge in [-0.3, -0.25) is 0 Å². The van der Waals surface area contributed by atoms with Crippen LogP contribution in [0, 0.1) is 0 Å². The predicted molar refractivity (Wildman–Crippen MR) is 170 cm³/mol. The number of hydrogen-bond donors (Lipinski definition) is 0. The van der Waals surface area contributed by atoms with Crippen LogP contribution in [0.3, 0.4) is 0 Å². The fraction of sp³-hybridized carbons (Fsp3) is 0.794. The maximum absolute atomic E-state index is 12.7. The molecule has 0 aliphatic heterocycles. The van der Waals surface area contributed by atoms with Crippen molar-refractivity contribution in [2.75, 3.05) is 26.4 Å². The highest BCUT2D eigenvalue weighted by atomic mass is 16.5. The number of rotatable bonds is 29. The summed E-state index contributed by atoms with van der Waals surface area (Å²) in [6, 6.07) is 5.35. The lowest BCUT2D eigenvalue weighted by molar-refractivity contribution is 0.0501. The molecule has 7 heteroatoms. The number of ether oxygens (including phenoxy) is 3. The molecular formula is C34H59N3O4. The minimum absolute atomic E-state index is 0.205. The topological polar surface area (TPSA) is 93.5 Å². The maximum Gasteiger partial charge on any atom is 0.338 e. The lowest BCUT2D eigenvalue weighted by Gasteiger charge is -2.13. The normalized spacial score (nSPS) is 10.8. The molecule has 1 aromatic rings. The Balaban J connectivity index is 2.42. The van der Waals surface area contributed by atoms with Gasteiger partial charge in [0.25, 0.3) is 0 Å². The molecule has 0 saturated heterocycles. The molecule has 0 saturated carbocycles. The second-order valence-electron chi connectivity index (χ2n) is 11.2. The quantitative estimate of drug-likeness (QED) is 0.0313. The Morgan fingerprint density at radius 2 is 1.02 bits per heavy atom. The molecular weight excluding hydrogens is 514 g/mol. The van der Waals surface area contributed by atoms with Crippen molar-refractivity contribution in [3.63, 3.8) is 0 Å². The highest BCUT2D eigenvalue weighted by Crippen LogP contribution is 2.25. The Labute approximate surface area is 250 Å². The van der Waals surface area contributed by atoms with Crippen molar-refractivity contribution in [1.82, 2.24) is 0 Å². The summed E-state index contributed by atoms with van der Waals surface area (Å²) in [5.74, 6) is 0.865. The van der Waals surface area contributed by atoms with E-state index in [1.165, 1.54) is 103 Å². The zero-order valence-electron chi connectivity index (χ0n) is 26.4. The van der Waals surface area contributed by atoms with Crippen LogP contribution in [0.4, 0.5) is 0 Å². The Morgan fingerprint density at radius 3 is 1.44 bits per heavy atom. The van der Waals surface area contributed by atoms with Crippen LogP contribution in [0.2, 0.25) is 0 Å². The highest BCUT2D eigenvalue weighted by molar-refractivity contribution is 5.90. The summed E-state index contributed by atoms with van der Waals surface area (Å²) >= 11 is 0.